The summed E-state index contributed by atoms with van der Waals surface area (Å²) in [7, 11) is 1.38. The first-order chi connectivity index (χ1) is 9.17. The van der Waals surface area contributed by atoms with Gasteiger partial charge in [0.05, 0.1) is 24.0 Å². The number of methoxy groups -OCH3 is 1. The smallest absolute Gasteiger partial charge is 0.340 e. The standard InChI is InChI=1S/C15H22N2O2/c1-3-9-17(10-11-7-8-11)13-6-4-5-12(14(13)16)15(18)19-2/h4-6,11H,3,7-10,16H2,1-2H3. The average Bonchev–Trinajstić information content (AvgIpc) is 3.22. The van der Waals surface area contributed by atoms with E-state index < -0.39 is 0 Å². The monoisotopic (exact) mass is 262 g/mol. The number of benzene rings is 1. The highest BCUT2D eigenvalue weighted by atomic mass is 16.5. The zero-order chi connectivity index (χ0) is 13.8. The summed E-state index contributed by atoms with van der Waals surface area (Å²) in [5, 5.41) is 0. The van der Waals surface area contributed by atoms with Gasteiger partial charge in [0.15, 0.2) is 0 Å². The van der Waals surface area contributed by atoms with Crippen LogP contribution in [0.4, 0.5) is 11.4 Å². The molecular formula is C15H22N2O2. The van der Waals surface area contributed by atoms with Crippen LogP contribution in [0.2, 0.25) is 0 Å². The second-order valence-electron chi connectivity index (χ2n) is 5.12. The van der Waals surface area contributed by atoms with Crippen LogP contribution in [0.5, 0.6) is 0 Å². The predicted molar refractivity (Wildman–Crippen MR) is 77.4 cm³/mol. The molecule has 1 aromatic carbocycles. The van der Waals surface area contributed by atoms with Gasteiger partial charge < -0.3 is 15.4 Å². The lowest BCUT2D eigenvalue weighted by molar-refractivity contribution is 0.0602. The number of esters is 1. The Kier molecular flexibility index (Phi) is 4.30. The molecule has 2 rings (SSSR count). The van der Waals surface area contributed by atoms with E-state index in [0.29, 0.717) is 11.3 Å². The first-order valence-corrected chi connectivity index (χ1v) is 6.89. The van der Waals surface area contributed by atoms with Crippen LogP contribution in [0, 0.1) is 5.92 Å². The van der Waals surface area contributed by atoms with E-state index in [1.165, 1.54) is 20.0 Å². The number of anilines is 2. The molecule has 0 spiro atoms. The van der Waals surface area contributed by atoms with Crippen LogP contribution in [-0.4, -0.2) is 26.2 Å². The maximum atomic E-state index is 11.7. The van der Waals surface area contributed by atoms with Crippen LogP contribution in [0.3, 0.4) is 0 Å². The van der Waals surface area contributed by atoms with E-state index in [0.717, 1.165) is 31.1 Å². The second kappa shape index (κ2) is 5.95. The van der Waals surface area contributed by atoms with Crippen molar-refractivity contribution in [2.24, 2.45) is 5.92 Å². The molecule has 19 heavy (non-hydrogen) atoms. The fraction of sp³-hybridized carbons (Fsp3) is 0.533. The van der Waals surface area contributed by atoms with Gasteiger partial charge in [-0.25, -0.2) is 4.79 Å². The van der Waals surface area contributed by atoms with Crippen molar-refractivity contribution in [2.45, 2.75) is 26.2 Å². The highest BCUT2D eigenvalue weighted by molar-refractivity contribution is 5.98. The minimum Gasteiger partial charge on any atom is -0.465 e. The largest absolute Gasteiger partial charge is 0.465 e. The van der Waals surface area contributed by atoms with Crippen LogP contribution in [0.15, 0.2) is 18.2 Å². The molecule has 104 valence electrons. The van der Waals surface area contributed by atoms with Gasteiger partial charge in [-0.2, -0.15) is 0 Å². The van der Waals surface area contributed by atoms with Crippen molar-refractivity contribution < 1.29 is 9.53 Å². The summed E-state index contributed by atoms with van der Waals surface area (Å²) in [6.07, 6.45) is 3.67. The number of carbonyl (C=O) groups is 1. The third-order valence-electron chi connectivity index (χ3n) is 3.50. The first kappa shape index (κ1) is 13.7. The maximum Gasteiger partial charge on any atom is 0.340 e. The summed E-state index contributed by atoms with van der Waals surface area (Å²) in [4.78, 5) is 14.0. The first-order valence-electron chi connectivity index (χ1n) is 6.89. The highest BCUT2D eigenvalue weighted by Gasteiger charge is 2.25. The van der Waals surface area contributed by atoms with Gasteiger partial charge in [-0.05, 0) is 37.3 Å². The molecular weight excluding hydrogens is 240 g/mol. The number of hydrogen-bond donors (Lipinski definition) is 1. The molecule has 0 aromatic heterocycles. The van der Waals surface area contributed by atoms with Crippen molar-refractivity contribution in [1.29, 1.82) is 0 Å². The Hall–Kier alpha value is -1.71. The molecule has 0 atom stereocenters. The molecule has 0 aliphatic heterocycles. The van der Waals surface area contributed by atoms with Gasteiger partial charge in [0.25, 0.3) is 0 Å². The molecule has 1 aliphatic rings. The van der Waals surface area contributed by atoms with Gasteiger partial charge in [0, 0.05) is 13.1 Å². The number of hydrogen-bond acceptors (Lipinski definition) is 4. The van der Waals surface area contributed by atoms with E-state index >= 15 is 0 Å². The number of nitrogens with zero attached hydrogens (tertiary/aromatic N) is 1. The highest BCUT2D eigenvalue weighted by Crippen LogP contribution is 2.34. The number of para-hydroxylation sites is 1. The van der Waals surface area contributed by atoms with Gasteiger partial charge in [-0.1, -0.05) is 13.0 Å². The van der Waals surface area contributed by atoms with Crippen molar-refractivity contribution in [3.63, 3.8) is 0 Å². The number of rotatable bonds is 6. The Labute approximate surface area is 114 Å². The van der Waals surface area contributed by atoms with Crippen LogP contribution in [0.25, 0.3) is 0 Å². The summed E-state index contributed by atoms with van der Waals surface area (Å²) < 4.78 is 4.77. The van der Waals surface area contributed by atoms with Crippen LogP contribution >= 0.6 is 0 Å². The van der Waals surface area contributed by atoms with E-state index in [1.54, 1.807) is 6.07 Å². The fourth-order valence-electron chi connectivity index (χ4n) is 2.31. The van der Waals surface area contributed by atoms with Crippen molar-refractivity contribution in [3.05, 3.63) is 23.8 Å². The normalized spacial score (nSPS) is 14.2. The lowest BCUT2D eigenvalue weighted by Crippen LogP contribution is -2.28. The SMILES string of the molecule is CCCN(CC1CC1)c1cccc(C(=O)OC)c1N. The lowest BCUT2D eigenvalue weighted by Gasteiger charge is -2.26. The Balaban J connectivity index is 2.27. The van der Waals surface area contributed by atoms with Crippen molar-refractivity contribution in [2.75, 3.05) is 30.8 Å². The van der Waals surface area contributed by atoms with E-state index in [-0.39, 0.29) is 5.97 Å². The van der Waals surface area contributed by atoms with Gasteiger partial charge in [-0.15, -0.1) is 0 Å². The van der Waals surface area contributed by atoms with Crippen LogP contribution < -0.4 is 10.6 Å². The van der Waals surface area contributed by atoms with E-state index in [2.05, 4.69) is 11.8 Å². The van der Waals surface area contributed by atoms with Gasteiger partial charge >= 0.3 is 5.97 Å². The summed E-state index contributed by atoms with van der Waals surface area (Å²) in [5.74, 6) is 0.412. The molecule has 4 heteroatoms. The van der Waals surface area contributed by atoms with Crippen molar-refractivity contribution in [3.8, 4) is 0 Å². The van der Waals surface area contributed by atoms with Crippen molar-refractivity contribution >= 4 is 17.3 Å². The Morgan fingerprint density at radius 3 is 2.79 bits per heavy atom. The molecule has 1 saturated carbocycles. The van der Waals surface area contributed by atoms with E-state index in [4.69, 9.17) is 10.5 Å². The molecule has 1 fully saturated rings. The average molecular weight is 262 g/mol. The molecule has 0 unspecified atom stereocenters. The zero-order valence-electron chi connectivity index (χ0n) is 11.7. The molecule has 0 bridgehead atoms. The Morgan fingerprint density at radius 1 is 1.47 bits per heavy atom. The third kappa shape index (κ3) is 3.19. The summed E-state index contributed by atoms with van der Waals surface area (Å²) in [6, 6.07) is 5.57. The molecule has 0 radical (unpaired) electrons. The molecule has 0 amide bonds. The van der Waals surface area contributed by atoms with Gasteiger partial charge in [0.2, 0.25) is 0 Å². The number of carbonyl (C=O) groups excluding carboxylic acids is 1. The third-order valence-corrected chi connectivity index (χ3v) is 3.50. The van der Waals surface area contributed by atoms with E-state index in [1.807, 2.05) is 12.1 Å². The van der Waals surface area contributed by atoms with Crippen LogP contribution in [-0.2, 0) is 4.74 Å². The molecule has 1 aromatic rings. The fourth-order valence-corrected chi connectivity index (χ4v) is 2.31. The minimum absolute atomic E-state index is 0.373. The quantitative estimate of drug-likeness (QED) is 0.632. The molecule has 0 heterocycles. The summed E-state index contributed by atoms with van der Waals surface area (Å²) in [6.45, 7) is 4.15. The number of nitrogens with two attached hydrogens (primary N) is 1. The lowest BCUT2D eigenvalue weighted by atomic mass is 10.1. The maximum absolute atomic E-state index is 11.7. The molecule has 4 nitrogen and oxygen atoms in total. The molecule has 2 N–H and O–H groups in total. The zero-order valence-corrected chi connectivity index (χ0v) is 11.7. The molecule has 1 aliphatic carbocycles. The minimum atomic E-state index is -0.373. The second-order valence-corrected chi connectivity index (χ2v) is 5.12. The van der Waals surface area contributed by atoms with E-state index in [9.17, 15) is 4.79 Å². The van der Waals surface area contributed by atoms with Crippen LogP contribution in [0.1, 0.15) is 36.5 Å². The van der Waals surface area contributed by atoms with Gasteiger partial charge in [-0.3, -0.25) is 0 Å². The summed E-state index contributed by atoms with van der Waals surface area (Å²) >= 11 is 0. The topological polar surface area (TPSA) is 55.6 Å². The van der Waals surface area contributed by atoms with Crippen molar-refractivity contribution in [1.82, 2.24) is 0 Å². The summed E-state index contributed by atoms with van der Waals surface area (Å²) in [5.41, 5.74) is 8.09. The Morgan fingerprint density at radius 2 is 2.21 bits per heavy atom. The Bertz CT molecular complexity index is 455. The molecule has 0 saturated heterocycles. The van der Waals surface area contributed by atoms with Gasteiger partial charge in [0.1, 0.15) is 0 Å². The number of ether oxygens (including phenoxy) is 1. The predicted octanol–water partition coefficient (Wildman–Crippen LogP) is 2.68. The number of nitrogen functional groups attached to an aromatic ring is 1.